The third kappa shape index (κ3) is 3.24. The van der Waals surface area contributed by atoms with Gasteiger partial charge in [-0.2, -0.15) is 0 Å². The Labute approximate surface area is 143 Å². The summed E-state index contributed by atoms with van der Waals surface area (Å²) in [6.07, 6.45) is 5.36. The second-order valence-electron chi connectivity index (χ2n) is 6.55. The molecule has 2 aliphatic rings. The molecule has 0 saturated carbocycles. The fourth-order valence-corrected chi connectivity index (χ4v) is 4.97. The van der Waals surface area contributed by atoms with Crippen LogP contribution in [0.4, 0.5) is 0 Å². The van der Waals surface area contributed by atoms with Gasteiger partial charge in [0.05, 0.1) is 0 Å². The molecule has 1 nitrogen and oxygen atoms in total. The summed E-state index contributed by atoms with van der Waals surface area (Å²) >= 11 is 1.93. The number of hydrogen-bond acceptors (Lipinski definition) is 2. The van der Waals surface area contributed by atoms with E-state index in [1.165, 1.54) is 45.3 Å². The topological polar surface area (TPSA) is 3.24 Å². The van der Waals surface area contributed by atoms with Crippen LogP contribution in [0.2, 0.25) is 0 Å². The van der Waals surface area contributed by atoms with Crippen molar-refractivity contribution in [3.05, 3.63) is 57.8 Å². The van der Waals surface area contributed by atoms with Gasteiger partial charge in [0.2, 0.25) is 0 Å². The zero-order valence-electron chi connectivity index (χ0n) is 12.9. The van der Waals surface area contributed by atoms with Gasteiger partial charge in [-0.1, -0.05) is 30.3 Å². The number of hydrogen-bond donors (Lipinski definition) is 0. The van der Waals surface area contributed by atoms with E-state index in [2.05, 4.69) is 46.7 Å². The number of thiophene rings is 1. The first-order chi connectivity index (χ1) is 10.4. The summed E-state index contributed by atoms with van der Waals surface area (Å²) in [7, 11) is 0. The van der Waals surface area contributed by atoms with Crippen molar-refractivity contribution >= 4 is 23.7 Å². The lowest BCUT2D eigenvalue weighted by atomic mass is 9.82. The summed E-state index contributed by atoms with van der Waals surface area (Å²) in [6.45, 7) is 3.80. The zero-order valence-corrected chi connectivity index (χ0v) is 14.5. The van der Waals surface area contributed by atoms with E-state index < -0.39 is 0 Å². The van der Waals surface area contributed by atoms with Crippen molar-refractivity contribution in [2.24, 2.45) is 0 Å². The van der Waals surface area contributed by atoms with E-state index in [-0.39, 0.29) is 12.4 Å². The predicted molar refractivity (Wildman–Crippen MR) is 97.5 cm³/mol. The van der Waals surface area contributed by atoms with Crippen LogP contribution in [0.15, 0.2) is 41.8 Å². The molecule has 1 aliphatic heterocycles. The van der Waals surface area contributed by atoms with Gasteiger partial charge in [0.25, 0.3) is 0 Å². The van der Waals surface area contributed by atoms with E-state index in [0.717, 1.165) is 11.8 Å². The highest BCUT2D eigenvalue weighted by molar-refractivity contribution is 7.10. The van der Waals surface area contributed by atoms with Crippen molar-refractivity contribution in [2.45, 2.75) is 37.5 Å². The van der Waals surface area contributed by atoms with Crippen molar-refractivity contribution in [3.63, 3.8) is 0 Å². The molecule has 22 heavy (non-hydrogen) atoms. The Balaban J connectivity index is 0.00000144. The number of benzene rings is 1. The van der Waals surface area contributed by atoms with Crippen LogP contribution >= 0.6 is 23.7 Å². The smallest absolute Gasteiger partial charge is 0.00894 e. The molecule has 1 aliphatic carbocycles. The molecule has 118 valence electrons. The fourth-order valence-electron chi connectivity index (χ4n) is 4.11. The number of nitrogens with zero attached hydrogens (tertiary/aromatic N) is 1. The van der Waals surface area contributed by atoms with Gasteiger partial charge in [0, 0.05) is 23.9 Å². The minimum atomic E-state index is 0. The molecule has 1 saturated heterocycles. The maximum absolute atomic E-state index is 2.71. The van der Waals surface area contributed by atoms with Crippen LogP contribution in [-0.2, 0) is 6.42 Å². The average molecular weight is 334 g/mol. The summed E-state index contributed by atoms with van der Waals surface area (Å²) in [5, 5.41) is 2.22. The van der Waals surface area contributed by atoms with E-state index in [4.69, 9.17) is 0 Å². The van der Waals surface area contributed by atoms with Gasteiger partial charge in [-0.3, -0.25) is 0 Å². The summed E-state index contributed by atoms with van der Waals surface area (Å²) in [5.41, 5.74) is 3.23. The van der Waals surface area contributed by atoms with Crippen molar-refractivity contribution in [2.75, 3.05) is 19.6 Å². The molecular formula is C19H24ClNS. The Kier molecular flexibility index (Phi) is 5.22. The Morgan fingerprint density at radius 1 is 1.09 bits per heavy atom. The largest absolute Gasteiger partial charge is 0.302 e. The maximum atomic E-state index is 2.71. The van der Waals surface area contributed by atoms with E-state index in [9.17, 15) is 0 Å². The lowest BCUT2D eigenvalue weighted by Gasteiger charge is -2.29. The molecule has 0 bridgehead atoms. The first kappa shape index (κ1) is 16.0. The second-order valence-corrected chi connectivity index (χ2v) is 7.53. The number of likely N-dealkylation sites (tertiary alicyclic amines) is 1. The van der Waals surface area contributed by atoms with Gasteiger partial charge in [0.1, 0.15) is 0 Å². The van der Waals surface area contributed by atoms with Gasteiger partial charge < -0.3 is 4.90 Å². The normalized spacial score (nSPS) is 24.7. The Hall–Kier alpha value is -0.830. The molecule has 4 rings (SSSR count). The Morgan fingerprint density at radius 3 is 2.86 bits per heavy atom. The molecule has 2 aromatic rings. The highest BCUT2D eigenvalue weighted by Crippen LogP contribution is 2.35. The van der Waals surface area contributed by atoms with Crippen LogP contribution in [0.1, 0.15) is 47.1 Å². The first-order valence-electron chi connectivity index (χ1n) is 8.24. The van der Waals surface area contributed by atoms with Crippen LogP contribution < -0.4 is 0 Å². The summed E-state index contributed by atoms with van der Waals surface area (Å²) < 4.78 is 0. The van der Waals surface area contributed by atoms with Gasteiger partial charge >= 0.3 is 0 Å². The SMILES string of the molecule is Cl.c1csc(C2CCN(CC3CCCc4ccccc43)C2)c1. The van der Waals surface area contributed by atoms with Gasteiger partial charge in [-0.25, -0.2) is 0 Å². The van der Waals surface area contributed by atoms with Gasteiger partial charge in [-0.15, -0.1) is 23.7 Å². The molecular weight excluding hydrogens is 310 g/mol. The molecule has 1 aromatic heterocycles. The van der Waals surface area contributed by atoms with Crippen molar-refractivity contribution in [1.29, 1.82) is 0 Å². The standard InChI is InChI=1S/C19H23NS.ClH/c1-2-8-18-15(5-1)6-3-7-16(18)13-20-11-10-17(14-20)19-9-4-12-21-19;/h1-2,4-5,8-9,12,16-17H,3,6-7,10-11,13-14H2;1H. The molecule has 2 unspecified atom stereocenters. The van der Waals surface area contributed by atoms with Crippen LogP contribution in [0, 0.1) is 0 Å². The number of halogens is 1. The van der Waals surface area contributed by atoms with E-state index in [0.29, 0.717) is 0 Å². The highest BCUT2D eigenvalue weighted by atomic mass is 35.5. The molecule has 2 atom stereocenters. The van der Waals surface area contributed by atoms with E-state index in [1.54, 1.807) is 16.0 Å². The maximum Gasteiger partial charge on any atom is 0.00894 e. The monoisotopic (exact) mass is 333 g/mol. The molecule has 0 spiro atoms. The molecule has 0 N–H and O–H groups in total. The summed E-state index contributed by atoms with van der Waals surface area (Å²) in [4.78, 5) is 4.29. The van der Waals surface area contributed by atoms with Crippen LogP contribution in [-0.4, -0.2) is 24.5 Å². The molecule has 3 heteroatoms. The molecule has 0 radical (unpaired) electrons. The Bertz CT molecular complexity index is 595. The van der Waals surface area contributed by atoms with E-state index in [1.807, 2.05) is 11.3 Å². The van der Waals surface area contributed by atoms with E-state index >= 15 is 0 Å². The first-order valence-corrected chi connectivity index (χ1v) is 9.11. The molecule has 2 heterocycles. The number of rotatable bonds is 3. The molecule has 1 aromatic carbocycles. The molecule has 1 fully saturated rings. The van der Waals surface area contributed by atoms with Crippen molar-refractivity contribution < 1.29 is 0 Å². The van der Waals surface area contributed by atoms with Crippen LogP contribution in [0.3, 0.4) is 0 Å². The average Bonchev–Trinajstić information content (AvgIpc) is 3.18. The Morgan fingerprint density at radius 2 is 2.00 bits per heavy atom. The lowest BCUT2D eigenvalue weighted by Crippen LogP contribution is -2.28. The minimum absolute atomic E-state index is 0. The predicted octanol–water partition coefficient (Wildman–Crippen LogP) is 5.08. The highest BCUT2D eigenvalue weighted by Gasteiger charge is 2.28. The van der Waals surface area contributed by atoms with Crippen LogP contribution in [0.5, 0.6) is 0 Å². The van der Waals surface area contributed by atoms with Crippen molar-refractivity contribution in [3.8, 4) is 0 Å². The zero-order chi connectivity index (χ0) is 14.1. The molecule has 0 amide bonds. The van der Waals surface area contributed by atoms with Gasteiger partial charge in [0.15, 0.2) is 0 Å². The van der Waals surface area contributed by atoms with Gasteiger partial charge in [-0.05, 0) is 60.7 Å². The third-order valence-corrected chi connectivity index (χ3v) is 6.22. The fraction of sp³-hybridized carbons (Fsp3) is 0.474. The summed E-state index contributed by atoms with van der Waals surface area (Å²) in [5.74, 6) is 1.54. The summed E-state index contributed by atoms with van der Waals surface area (Å²) in [6, 6.07) is 13.6. The number of aryl methyl sites for hydroxylation is 1. The minimum Gasteiger partial charge on any atom is -0.302 e. The third-order valence-electron chi connectivity index (χ3n) is 5.19. The quantitative estimate of drug-likeness (QED) is 0.757. The van der Waals surface area contributed by atoms with Crippen molar-refractivity contribution in [1.82, 2.24) is 4.90 Å². The number of fused-ring (bicyclic) bond motifs is 1. The lowest BCUT2D eigenvalue weighted by molar-refractivity contribution is 0.297. The van der Waals surface area contributed by atoms with Crippen LogP contribution in [0.25, 0.3) is 0 Å². The second kappa shape index (κ2) is 7.16.